The lowest BCUT2D eigenvalue weighted by Crippen LogP contribution is -2.31. The highest BCUT2D eigenvalue weighted by atomic mass is 35.5. The van der Waals surface area contributed by atoms with Crippen molar-refractivity contribution < 1.29 is 22.7 Å². The molecule has 1 N–H and O–H groups in total. The lowest BCUT2D eigenvalue weighted by Gasteiger charge is -2.20. The summed E-state index contributed by atoms with van der Waals surface area (Å²) >= 11 is 7.00. The molecule has 3 rings (SSSR count). The second-order valence-electron chi connectivity index (χ2n) is 6.09. The van der Waals surface area contributed by atoms with Crippen LogP contribution in [0.5, 0.6) is 0 Å². The monoisotopic (exact) mass is 454 g/mol. The van der Waals surface area contributed by atoms with E-state index in [-0.39, 0.29) is 27.8 Å². The number of aromatic nitrogens is 1. The minimum atomic E-state index is -4.03. The van der Waals surface area contributed by atoms with Gasteiger partial charge >= 0.3 is 5.97 Å². The Hall–Kier alpha value is -2.49. The number of carboxylic acids is 1. The van der Waals surface area contributed by atoms with E-state index >= 15 is 0 Å². The Balaban J connectivity index is 2.01. The molecule has 152 valence electrons. The van der Waals surface area contributed by atoms with Crippen LogP contribution >= 0.6 is 22.9 Å². The molecule has 0 radical (unpaired) electrons. The molecule has 10 heteroatoms. The van der Waals surface area contributed by atoms with Crippen LogP contribution in [0.25, 0.3) is 10.6 Å². The number of sulfonamides is 1. The van der Waals surface area contributed by atoms with E-state index in [1.807, 2.05) is 0 Å². The number of hydrogen-bond donors (Lipinski definition) is 1. The van der Waals surface area contributed by atoms with Crippen molar-refractivity contribution >= 4 is 44.7 Å². The molecule has 0 aliphatic rings. The summed E-state index contributed by atoms with van der Waals surface area (Å²) in [7, 11) is -4.03. The average Bonchev–Trinajstić information content (AvgIpc) is 3.14. The normalized spacial score (nSPS) is 11.4. The van der Waals surface area contributed by atoms with E-state index in [0.29, 0.717) is 16.1 Å². The van der Waals surface area contributed by atoms with Crippen LogP contribution < -0.4 is 4.31 Å². The maximum Gasteiger partial charge on any atom is 0.335 e. The van der Waals surface area contributed by atoms with E-state index in [9.17, 15) is 22.7 Å². The molecule has 6 nitrogen and oxygen atoms in total. The number of aromatic carboxylic acids is 1. The fourth-order valence-electron chi connectivity index (χ4n) is 2.72. The predicted octanol–water partition coefficient (Wildman–Crippen LogP) is 4.82. The topological polar surface area (TPSA) is 87.6 Å². The highest BCUT2D eigenvalue weighted by Gasteiger charge is 2.27. The van der Waals surface area contributed by atoms with Crippen LogP contribution in [-0.2, 0) is 10.0 Å². The Bertz CT molecular complexity index is 1190. The number of rotatable bonds is 6. The van der Waals surface area contributed by atoms with Crippen LogP contribution in [0, 0.1) is 12.7 Å². The van der Waals surface area contributed by atoms with Gasteiger partial charge in [0.15, 0.2) is 5.82 Å². The van der Waals surface area contributed by atoms with Gasteiger partial charge in [0.1, 0.15) is 10.8 Å². The van der Waals surface area contributed by atoms with Crippen LogP contribution in [0.3, 0.4) is 0 Å². The van der Waals surface area contributed by atoms with Crippen LogP contribution in [0.15, 0.2) is 46.7 Å². The summed E-state index contributed by atoms with van der Waals surface area (Å²) in [6, 6.07) is 8.11. The highest BCUT2D eigenvalue weighted by molar-refractivity contribution is 7.92. The minimum absolute atomic E-state index is 0.0555. The van der Waals surface area contributed by atoms with Crippen molar-refractivity contribution in [2.75, 3.05) is 10.8 Å². The van der Waals surface area contributed by atoms with Crippen LogP contribution in [0.4, 0.5) is 10.2 Å². The quantitative estimate of drug-likeness (QED) is 0.576. The molecule has 1 heterocycles. The van der Waals surface area contributed by atoms with Crippen LogP contribution in [-0.4, -0.2) is 31.0 Å². The van der Waals surface area contributed by atoms with Gasteiger partial charge in [0.2, 0.25) is 0 Å². The first-order chi connectivity index (χ1) is 13.6. The molecule has 0 saturated heterocycles. The highest BCUT2D eigenvalue weighted by Crippen LogP contribution is 2.32. The van der Waals surface area contributed by atoms with Gasteiger partial charge in [-0.15, -0.1) is 11.3 Å². The summed E-state index contributed by atoms with van der Waals surface area (Å²) < 4.78 is 40.7. The Morgan fingerprint density at radius 2 is 2.00 bits per heavy atom. The molecule has 2 aromatic carbocycles. The number of thiazole rings is 1. The first-order valence-corrected chi connectivity index (χ1v) is 11.1. The minimum Gasteiger partial charge on any atom is -0.478 e. The molecule has 29 heavy (non-hydrogen) atoms. The number of carboxylic acid groups (broad SMARTS) is 1. The van der Waals surface area contributed by atoms with Gasteiger partial charge in [0.05, 0.1) is 15.5 Å². The molecule has 0 aliphatic heterocycles. The number of hydrogen-bond acceptors (Lipinski definition) is 5. The van der Waals surface area contributed by atoms with Crippen LogP contribution in [0.1, 0.15) is 22.8 Å². The Morgan fingerprint density at radius 1 is 1.28 bits per heavy atom. The van der Waals surface area contributed by atoms with Crippen molar-refractivity contribution in [3.63, 3.8) is 0 Å². The zero-order valence-electron chi connectivity index (χ0n) is 15.4. The Kier molecular flexibility index (Phi) is 5.92. The fourth-order valence-corrected chi connectivity index (χ4v) is 5.21. The SMILES string of the molecule is CCN(c1csc(-c2ccc(F)c(Cl)c2)n1)S(=O)(=O)c1ccc(C)c(C(=O)O)c1. The number of anilines is 1. The lowest BCUT2D eigenvalue weighted by molar-refractivity contribution is 0.0696. The largest absolute Gasteiger partial charge is 0.478 e. The summed E-state index contributed by atoms with van der Waals surface area (Å²) in [5.41, 5.74) is 0.940. The van der Waals surface area contributed by atoms with Gasteiger partial charge in [-0.2, -0.15) is 0 Å². The number of aryl methyl sites for hydroxylation is 1. The van der Waals surface area contributed by atoms with Crippen molar-refractivity contribution in [3.8, 4) is 10.6 Å². The van der Waals surface area contributed by atoms with Gasteiger partial charge in [0, 0.05) is 17.5 Å². The second kappa shape index (κ2) is 8.10. The number of carbonyl (C=O) groups is 1. The van der Waals surface area contributed by atoms with Gasteiger partial charge in [-0.3, -0.25) is 0 Å². The maximum atomic E-state index is 13.4. The first kappa shape index (κ1) is 21.2. The van der Waals surface area contributed by atoms with Gasteiger partial charge in [-0.05, 0) is 49.7 Å². The molecule has 3 aromatic rings. The summed E-state index contributed by atoms with van der Waals surface area (Å²) in [6.07, 6.45) is 0. The van der Waals surface area contributed by atoms with Crippen molar-refractivity contribution in [3.05, 3.63) is 63.7 Å². The van der Waals surface area contributed by atoms with Crippen molar-refractivity contribution in [2.24, 2.45) is 0 Å². The van der Waals surface area contributed by atoms with Gasteiger partial charge in [0.25, 0.3) is 10.0 Å². The Labute approximate surface area is 176 Å². The summed E-state index contributed by atoms with van der Waals surface area (Å²) in [5.74, 6) is -1.57. The zero-order valence-corrected chi connectivity index (χ0v) is 17.8. The summed E-state index contributed by atoms with van der Waals surface area (Å²) in [6.45, 7) is 3.33. The van der Waals surface area contributed by atoms with Crippen molar-refractivity contribution in [2.45, 2.75) is 18.7 Å². The number of nitrogens with zero attached hydrogens (tertiary/aromatic N) is 2. The lowest BCUT2D eigenvalue weighted by atomic mass is 10.1. The fraction of sp³-hybridized carbons (Fsp3) is 0.158. The smallest absolute Gasteiger partial charge is 0.335 e. The van der Waals surface area contributed by atoms with E-state index in [4.69, 9.17) is 11.6 Å². The van der Waals surface area contributed by atoms with Crippen LogP contribution in [0.2, 0.25) is 5.02 Å². The molecule has 0 unspecified atom stereocenters. The molecule has 0 saturated carbocycles. The van der Waals surface area contributed by atoms with Crippen molar-refractivity contribution in [1.29, 1.82) is 0 Å². The third kappa shape index (κ3) is 4.12. The molecular weight excluding hydrogens is 439 g/mol. The standard InChI is InChI=1S/C19H16ClFN2O4S2/c1-3-23(29(26,27)13-6-4-11(2)14(9-13)19(24)25)17-10-28-18(22-17)12-5-7-16(21)15(20)8-12/h4-10H,3H2,1-2H3,(H,24,25). The summed E-state index contributed by atoms with van der Waals surface area (Å²) in [5, 5.41) is 11.3. The third-order valence-corrected chi connectivity index (χ3v) is 7.27. The average molecular weight is 455 g/mol. The van der Waals surface area contributed by atoms with Gasteiger partial charge in [-0.25, -0.2) is 26.9 Å². The van der Waals surface area contributed by atoms with E-state index in [2.05, 4.69) is 4.98 Å². The second-order valence-corrected chi connectivity index (χ2v) is 9.22. The molecule has 0 fully saturated rings. The predicted molar refractivity (Wildman–Crippen MR) is 111 cm³/mol. The molecule has 0 bridgehead atoms. The summed E-state index contributed by atoms with van der Waals surface area (Å²) in [4.78, 5) is 15.6. The molecule has 0 spiro atoms. The molecule has 0 atom stereocenters. The van der Waals surface area contributed by atoms with E-state index in [1.54, 1.807) is 19.2 Å². The first-order valence-electron chi connectivity index (χ1n) is 8.42. The van der Waals surface area contributed by atoms with Gasteiger partial charge < -0.3 is 5.11 Å². The van der Waals surface area contributed by atoms with Crippen molar-refractivity contribution in [1.82, 2.24) is 4.98 Å². The Morgan fingerprint density at radius 3 is 2.62 bits per heavy atom. The van der Waals surface area contributed by atoms with E-state index in [0.717, 1.165) is 10.4 Å². The number of benzene rings is 2. The zero-order chi connectivity index (χ0) is 21.3. The molecule has 0 aliphatic carbocycles. The maximum absolute atomic E-state index is 13.4. The molecule has 1 aromatic heterocycles. The van der Waals surface area contributed by atoms with Gasteiger partial charge in [-0.1, -0.05) is 17.7 Å². The third-order valence-electron chi connectivity index (χ3n) is 4.23. The molecule has 0 amide bonds. The number of halogens is 2. The van der Waals surface area contributed by atoms with E-state index < -0.39 is 21.8 Å². The van der Waals surface area contributed by atoms with E-state index in [1.165, 1.54) is 41.7 Å². The molecular formula is C19H16ClFN2O4S2.